The first-order valence-electron chi connectivity index (χ1n) is 10.8. The zero-order valence-electron chi connectivity index (χ0n) is 19.4. The van der Waals surface area contributed by atoms with E-state index in [4.69, 9.17) is 0 Å². The molecule has 0 bridgehead atoms. The van der Waals surface area contributed by atoms with E-state index in [1.807, 2.05) is 66.1 Å². The first-order valence-corrected chi connectivity index (χ1v) is 11.8. The maximum absolute atomic E-state index is 13.0. The van der Waals surface area contributed by atoms with Gasteiger partial charge >= 0.3 is 0 Å². The number of allylic oxidation sites excluding steroid dienone is 1. The van der Waals surface area contributed by atoms with E-state index >= 15 is 0 Å². The number of nitrogens with zero attached hydrogens (tertiary/aromatic N) is 5. The van der Waals surface area contributed by atoms with Crippen molar-refractivity contribution in [2.75, 3.05) is 11.1 Å². The van der Waals surface area contributed by atoms with E-state index in [0.29, 0.717) is 17.4 Å². The summed E-state index contributed by atoms with van der Waals surface area (Å²) in [6, 6.07) is 17.3. The molecule has 1 amide bonds. The second-order valence-electron chi connectivity index (χ2n) is 7.85. The maximum atomic E-state index is 13.0. The van der Waals surface area contributed by atoms with Crippen molar-refractivity contribution in [3.8, 4) is 17.1 Å². The van der Waals surface area contributed by atoms with E-state index in [2.05, 4.69) is 22.1 Å². The van der Waals surface area contributed by atoms with Crippen molar-refractivity contribution < 1.29 is 4.79 Å². The molecule has 1 N–H and O–H groups in total. The normalized spacial score (nSPS) is 10.9. The first kappa shape index (κ1) is 23.3. The summed E-state index contributed by atoms with van der Waals surface area (Å²) in [5, 5.41) is 12.0. The summed E-state index contributed by atoms with van der Waals surface area (Å²) in [4.78, 5) is 25.8. The van der Waals surface area contributed by atoms with Gasteiger partial charge in [0.2, 0.25) is 5.91 Å². The fraction of sp³-hybridized carbons (Fsp3) is 0.200. The molecule has 0 radical (unpaired) electrons. The second-order valence-corrected chi connectivity index (χ2v) is 8.79. The van der Waals surface area contributed by atoms with Gasteiger partial charge in [0, 0.05) is 19.2 Å². The summed E-state index contributed by atoms with van der Waals surface area (Å²) >= 11 is 1.27. The van der Waals surface area contributed by atoms with Crippen LogP contribution in [0.4, 0.5) is 5.69 Å². The van der Waals surface area contributed by atoms with Crippen molar-refractivity contribution >= 4 is 23.4 Å². The minimum atomic E-state index is -0.290. The number of carbonyl (C=O) groups is 1. The highest BCUT2D eigenvalue weighted by molar-refractivity contribution is 7.99. The van der Waals surface area contributed by atoms with Crippen LogP contribution in [0.15, 0.2) is 77.2 Å². The Morgan fingerprint density at radius 3 is 2.59 bits per heavy atom. The van der Waals surface area contributed by atoms with E-state index in [1.165, 1.54) is 16.4 Å². The molecule has 4 rings (SSSR count). The molecule has 2 aromatic heterocycles. The Bertz CT molecular complexity index is 1400. The molecule has 0 aliphatic heterocycles. The minimum absolute atomic E-state index is 0.0855. The lowest BCUT2D eigenvalue weighted by molar-refractivity contribution is -0.113. The van der Waals surface area contributed by atoms with Gasteiger partial charge in [-0.25, -0.2) is 4.68 Å². The molecule has 4 aromatic rings. The molecule has 174 valence electrons. The van der Waals surface area contributed by atoms with Crippen molar-refractivity contribution in [3.05, 3.63) is 88.9 Å². The number of hydrogen-bond donors (Lipinski definition) is 1. The Hall–Kier alpha value is -3.85. The average Bonchev–Trinajstić information content (AvgIpc) is 3.32. The van der Waals surface area contributed by atoms with Crippen LogP contribution in [0.25, 0.3) is 17.1 Å². The van der Waals surface area contributed by atoms with Gasteiger partial charge in [0.1, 0.15) is 5.69 Å². The number of carbonyl (C=O) groups excluding carboxylic acids is 1. The Labute approximate surface area is 201 Å². The van der Waals surface area contributed by atoms with Crippen molar-refractivity contribution in [2.24, 2.45) is 7.05 Å². The third kappa shape index (κ3) is 4.60. The second kappa shape index (κ2) is 9.96. The van der Waals surface area contributed by atoms with Crippen LogP contribution in [-0.4, -0.2) is 35.8 Å². The molecular formula is C25H26N6O2S. The SMILES string of the molecule is C=CCn1c(SCC(=O)Nc2c(C)n(C)n(-c3ccccc3)c2=O)nnc1-c1cccc(C)c1. The van der Waals surface area contributed by atoms with E-state index in [9.17, 15) is 9.59 Å². The zero-order valence-corrected chi connectivity index (χ0v) is 20.2. The number of nitrogens with one attached hydrogen (secondary N) is 1. The third-order valence-electron chi connectivity index (χ3n) is 5.46. The number of anilines is 1. The van der Waals surface area contributed by atoms with Crippen LogP contribution < -0.4 is 10.9 Å². The summed E-state index contributed by atoms with van der Waals surface area (Å²) < 4.78 is 5.19. The molecule has 0 spiro atoms. The number of rotatable bonds is 8. The summed E-state index contributed by atoms with van der Waals surface area (Å²) in [6.07, 6.45) is 1.77. The Morgan fingerprint density at radius 1 is 1.12 bits per heavy atom. The van der Waals surface area contributed by atoms with Crippen molar-refractivity contribution in [3.63, 3.8) is 0 Å². The fourth-order valence-electron chi connectivity index (χ4n) is 3.70. The maximum Gasteiger partial charge on any atom is 0.295 e. The summed E-state index contributed by atoms with van der Waals surface area (Å²) in [5.41, 5.74) is 3.47. The lowest BCUT2D eigenvalue weighted by atomic mass is 10.1. The Balaban J connectivity index is 1.52. The molecule has 0 aliphatic carbocycles. The monoisotopic (exact) mass is 474 g/mol. The zero-order chi connectivity index (χ0) is 24.2. The van der Waals surface area contributed by atoms with E-state index in [0.717, 1.165) is 22.6 Å². The number of aromatic nitrogens is 5. The fourth-order valence-corrected chi connectivity index (χ4v) is 4.45. The van der Waals surface area contributed by atoms with Gasteiger partial charge in [-0.2, -0.15) is 0 Å². The number of hydrogen-bond acceptors (Lipinski definition) is 5. The smallest absolute Gasteiger partial charge is 0.295 e. The van der Waals surface area contributed by atoms with E-state index in [1.54, 1.807) is 24.7 Å². The number of amides is 1. The molecule has 2 aromatic carbocycles. The predicted octanol–water partition coefficient (Wildman–Crippen LogP) is 3.97. The van der Waals surface area contributed by atoms with Crippen LogP contribution in [0.2, 0.25) is 0 Å². The summed E-state index contributed by atoms with van der Waals surface area (Å²) in [6.45, 7) is 8.17. The van der Waals surface area contributed by atoms with Crippen LogP contribution in [0, 0.1) is 13.8 Å². The molecule has 2 heterocycles. The highest BCUT2D eigenvalue weighted by Gasteiger charge is 2.19. The van der Waals surface area contributed by atoms with Crippen LogP contribution in [0.3, 0.4) is 0 Å². The largest absolute Gasteiger partial charge is 0.319 e. The van der Waals surface area contributed by atoms with Gasteiger partial charge in [0.15, 0.2) is 11.0 Å². The number of benzene rings is 2. The Kier molecular flexibility index (Phi) is 6.83. The van der Waals surface area contributed by atoms with Gasteiger partial charge in [0.05, 0.1) is 17.1 Å². The number of para-hydroxylation sites is 1. The van der Waals surface area contributed by atoms with Gasteiger partial charge < -0.3 is 5.32 Å². The molecule has 8 nitrogen and oxygen atoms in total. The molecule has 0 aliphatic rings. The highest BCUT2D eigenvalue weighted by Crippen LogP contribution is 2.25. The van der Waals surface area contributed by atoms with E-state index < -0.39 is 0 Å². The van der Waals surface area contributed by atoms with Crippen molar-refractivity contribution in [2.45, 2.75) is 25.5 Å². The lowest BCUT2D eigenvalue weighted by Crippen LogP contribution is -2.23. The number of aryl methyl sites for hydroxylation is 1. The van der Waals surface area contributed by atoms with Crippen molar-refractivity contribution in [1.29, 1.82) is 0 Å². The molecule has 0 saturated carbocycles. The number of thioether (sulfide) groups is 1. The van der Waals surface area contributed by atoms with Gasteiger partial charge in [-0.1, -0.05) is 59.8 Å². The van der Waals surface area contributed by atoms with Crippen molar-refractivity contribution in [1.82, 2.24) is 24.1 Å². The minimum Gasteiger partial charge on any atom is -0.319 e. The standard InChI is InChI=1S/C25H26N6O2S/c1-5-14-30-23(19-11-9-10-17(2)15-19)27-28-25(30)34-16-21(32)26-22-18(3)29(4)31(24(22)33)20-12-7-6-8-13-20/h5-13,15H,1,14,16H2,2-4H3,(H,26,32). The van der Waals surface area contributed by atoms with Crippen LogP contribution >= 0.6 is 11.8 Å². The quantitative estimate of drug-likeness (QED) is 0.308. The van der Waals surface area contributed by atoms with Gasteiger partial charge in [-0.15, -0.1) is 16.8 Å². The van der Waals surface area contributed by atoms with Crippen LogP contribution in [0.5, 0.6) is 0 Å². The van der Waals surface area contributed by atoms with Gasteiger partial charge in [0.25, 0.3) is 5.56 Å². The van der Waals surface area contributed by atoms with Gasteiger partial charge in [-0.05, 0) is 32.0 Å². The van der Waals surface area contributed by atoms with E-state index in [-0.39, 0.29) is 22.9 Å². The molecule has 0 unspecified atom stereocenters. The third-order valence-corrected chi connectivity index (χ3v) is 6.42. The summed E-state index contributed by atoms with van der Waals surface area (Å²) in [7, 11) is 1.79. The molecule has 0 saturated heterocycles. The first-order chi connectivity index (χ1) is 16.4. The lowest BCUT2D eigenvalue weighted by Gasteiger charge is -2.08. The van der Waals surface area contributed by atoms with Crippen LogP contribution in [0.1, 0.15) is 11.3 Å². The average molecular weight is 475 g/mol. The van der Waals surface area contributed by atoms with Gasteiger partial charge in [-0.3, -0.25) is 18.8 Å². The molecule has 0 fully saturated rings. The molecule has 0 atom stereocenters. The molecule has 9 heteroatoms. The summed E-state index contributed by atoms with van der Waals surface area (Å²) in [5.74, 6) is 0.514. The van der Waals surface area contributed by atoms with Crippen LogP contribution in [-0.2, 0) is 18.4 Å². The topological polar surface area (TPSA) is 86.7 Å². The Morgan fingerprint density at radius 2 is 1.88 bits per heavy atom. The highest BCUT2D eigenvalue weighted by atomic mass is 32.2. The predicted molar refractivity (Wildman–Crippen MR) is 135 cm³/mol. The molecule has 34 heavy (non-hydrogen) atoms. The molecular weight excluding hydrogens is 448 g/mol.